The molecule has 0 heterocycles. The van der Waals surface area contributed by atoms with Crippen molar-refractivity contribution in [3.8, 4) is 6.07 Å². The van der Waals surface area contributed by atoms with Gasteiger partial charge in [-0.25, -0.2) is 0 Å². The van der Waals surface area contributed by atoms with Crippen LogP contribution >= 0.6 is 34.4 Å². The van der Waals surface area contributed by atoms with Gasteiger partial charge in [0.2, 0.25) is 0 Å². The van der Waals surface area contributed by atoms with Crippen LogP contribution in [0.15, 0.2) is 53.4 Å². The van der Waals surface area contributed by atoms with E-state index >= 15 is 0 Å². The predicted octanol–water partition coefficient (Wildman–Crippen LogP) is 4.16. The largest absolute Gasteiger partial charge is 0.322 e. The summed E-state index contributed by atoms with van der Waals surface area (Å²) in [5.41, 5.74) is 1.36. The summed E-state index contributed by atoms with van der Waals surface area (Å²) < 4.78 is 1.06. The van der Waals surface area contributed by atoms with E-state index in [1.54, 1.807) is 6.07 Å². The summed E-state index contributed by atoms with van der Waals surface area (Å²) >= 11 is 3.57. The minimum Gasteiger partial charge on any atom is -0.322 e. The average Bonchev–Trinajstić information content (AvgIpc) is 2.45. The van der Waals surface area contributed by atoms with Gasteiger partial charge in [-0.3, -0.25) is 4.79 Å². The number of rotatable bonds is 4. The molecule has 0 bridgehead atoms. The van der Waals surface area contributed by atoms with Gasteiger partial charge in [-0.2, -0.15) is 5.26 Å². The van der Waals surface area contributed by atoms with Crippen molar-refractivity contribution in [1.29, 1.82) is 5.26 Å². The molecule has 20 heavy (non-hydrogen) atoms. The van der Waals surface area contributed by atoms with E-state index in [4.69, 9.17) is 5.26 Å². The Kier molecular flexibility index (Phi) is 5.44. The maximum absolute atomic E-state index is 12.3. The van der Waals surface area contributed by atoms with Crippen LogP contribution in [0.3, 0.4) is 0 Å². The number of carbonyl (C=O) groups is 1. The number of nitrogens with zero attached hydrogens (tertiary/aromatic N) is 1. The molecule has 1 amide bonds. The first-order chi connectivity index (χ1) is 9.70. The number of nitrogens with one attached hydrogen (secondary N) is 1. The molecule has 0 unspecified atom stereocenters. The first kappa shape index (κ1) is 14.9. The van der Waals surface area contributed by atoms with Crippen LogP contribution in [0.5, 0.6) is 0 Å². The Morgan fingerprint density at radius 1 is 1.25 bits per heavy atom. The van der Waals surface area contributed by atoms with E-state index in [1.807, 2.05) is 42.5 Å². The molecule has 0 aliphatic rings. The van der Waals surface area contributed by atoms with Gasteiger partial charge in [-0.05, 0) is 52.9 Å². The van der Waals surface area contributed by atoms with Crippen molar-refractivity contribution in [2.45, 2.75) is 4.90 Å². The maximum Gasteiger partial charge on any atom is 0.256 e. The normalized spacial score (nSPS) is 9.80. The van der Waals surface area contributed by atoms with Gasteiger partial charge in [0.15, 0.2) is 0 Å². The highest BCUT2D eigenvalue weighted by Gasteiger charge is 2.11. The highest BCUT2D eigenvalue weighted by Crippen LogP contribution is 2.23. The first-order valence-corrected chi connectivity index (χ1v) is 7.93. The zero-order valence-corrected chi connectivity index (χ0v) is 13.4. The molecule has 0 saturated carbocycles. The summed E-state index contributed by atoms with van der Waals surface area (Å²) in [6.45, 7) is 0. The number of anilines is 1. The highest BCUT2D eigenvalue weighted by atomic mass is 127. The van der Waals surface area contributed by atoms with Crippen LogP contribution in [-0.4, -0.2) is 11.7 Å². The summed E-state index contributed by atoms with van der Waals surface area (Å²) in [6, 6.07) is 17.0. The highest BCUT2D eigenvalue weighted by molar-refractivity contribution is 14.1. The number of hydrogen-bond acceptors (Lipinski definition) is 3. The average molecular weight is 394 g/mol. The van der Waals surface area contributed by atoms with Gasteiger partial charge < -0.3 is 5.32 Å². The van der Waals surface area contributed by atoms with E-state index < -0.39 is 0 Å². The van der Waals surface area contributed by atoms with Gasteiger partial charge in [-0.15, -0.1) is 11.8 Å². The van der Waals surface area contributed by atoms with Crippen LogP contribution in [0.2, 0.25) is 0 Å². The molecule has 0 radical (unpaired) electrons. The van der Waals surface area contributed by atoms with E-state index in [0.717, 1.165) is 14.2 Å². The molecule has 5 heteroatoms. The molecule has 2 aromatic carbocycles. The first-order valence-electron chi connectivity index (χ1n) is 5.86. The molecule has 0 aromatic heterocycles. The van der Waals surface area contributed by atoms with Crippen molar-refractivity contribution in [2.75, 3.05) is 11.1 Å². The molecule has 0 spiro atoms. The topological polar surface area (TPSA) is 52.9 Å². The summed E-state index contributed by atoms with van der Waals surface area (Å²) in [6.07, 6.45) is 0. The second kappa shape index (κ2) is 7.31. The van der Waals surface area contributed by atoms with Crippen LogP contribution in [-0.2, 0) is 0 Å². The Labute approximate surface area is 135 Å². The van der Waals surface area contributed by atoms with E-state index in [9.17, 15) is 4.79 Å². The van der Waals surface area contributed by atoms with Gasteiger partial charge >= 0.3 is 0 Å². The number of carbonyl (C=O) groups excluding carboxylic acids is 1. The van der Waals surface area contributed by atoms with Crippen molar-refractivity contribution in [3.63, 3.8) is 0 Å². The summed E-state index contributed by atoms with van der Waals surface area (Å²) in [7, 11) is 0. The monoisotopic (exact) mass is 394 g/mol. The fourth-order valence-electron chi connectivity index (χ4n) is 1.65. The van der Waals surface area contributed by atoms with Gasteiger partial charge in [0, 0.05) is 14.2 Å². The Bertz CT molecular complexity index is 667. The quantitative estimate of drug-likeness (QED) is 0.626. The number of benzene rings is 2. The van der Waals surface area contributed by atoms with Crippen molar-refractivity contribution >= 4 is 45.9 Å². The lowest BCUT2D eigenvalue weighted by atomic mass is 10.2. The molecule has 3 nitrogen and oxygen atoms in total. The molecular formula is C15H11IN2OS. The Hall–Kier alpha value is -1.52. The molecule has 2 aromatic rings. The van der Waals surface area contributed by atoms with Crippen LogP contribution < -0.4 is 5.32 Å². The summed E-state index contributed by atoms with van der Waals surface area (Å²) in [5, 5.41) is 11.5. The van der Waals surface area contributed by atoms with E-state index in [1.165, 1.54) is 11.8 Å². The number of amides is 1. The Morgan fingerprint density at radius 2 is 2.05 bits per heavy atom. The third kappa shape index (κ3) is 3.99. The summed E-state index contributed by atoms with van der Waals surface area (Å²) in [4.78, 5) is 13.1. The molecule has 0 aliphatic heterocycles. The van der Waals surface area contributed by atoms with E-state index in [-0.39, 0.29) is 5.91 Å². The molecule has 1 N–H and O–H groups in total. The van der Waals surface area contributed by atoms with Crippen LogP contribution in [0.4, 0.5) is 5.69 Å². The van der Waals surface area contributed by atoms with E-state index in [0.29, 0.717) is 11.3 Å². The smallest absolute Gasteiger partial charge is 0.256 e. The second-order valence-electron chi connectivity index (χ2n) is 3.91. The van der Waals surface area contributed by atoms with Crippen molar-refractivity contribution in [3.05, 3.63) is 57.7 Å². The van der Waals surface area contributed by atoms with Gasteiger partial charge in [-0.1, -0.05) is 18.2 Å². The van der Waals surface area contributed by atoms with Gasteiger partial charge in [0.25, 0.3) is 5.91 Å². The van der Waals surface area contributed by atoms with Gasteiger partial charge in [0.05, 0.1) is 17.4 Å². The predicted molar refractivity (Wildman–Crippen MR) is 89.9 cm³/mol. The molecule has 0 saturated heterocycles. The SMILES string of the molecule is N#CCSc1ccccc1C(=O)Nc1cccc(I)c1. The lowest BCUT2D eigenvalue weighted by Crippen LogP contribution is -2.13. The van der Waals surface area contributed by atoms with Crippen LogP contribution in [0.1, 0.15) is 10.4 Å². The maximum atomic E-state index is 12.3. The molecule has 0 aliphatic carbocycles. The van der Waals surface area contributed by atoms with Crippen molar-refractivity contribution in [2.24, 2.45) is 0 Å². The minimum atomic E-state index is -0.159. The number of hydrogen-bond donors (Lipinski definition) is 1. The molecule has 0 fully saturated rings. The zero-order chi connectivity index (χ0) is 14.4. The summed E-state index contributed by atoms with van der Waals surface area (Å²) in [5.74, 6) is 0.168. The number of halogens is 1. The molecule has 100 valence electrons. The van der Waals surface area contributed by atoms with Crippen LogP contribution in [0, 0.1) is 14.9 Å². The second-order valence-corrected chi connectivity index (χ2v) is 6.17. The fraction of sp³-hybridized carbons (Fsp3) is 0.0667. The molecule has 2 rings (SSSR count). The third-order valence-corrected chi connectivity index (χ3v) is 4.12. The lowest BCUT2D eigenvalue weighted by Gasteiger charge is -2.09. The molecular weight excluding hydrogens is 383 g/mol. The fourth-order valence-corrected chi connectivity index (χ4v) is 2.91. The standard InChI is InChI=1S/C15H11IN2OS/c16-11-4-3-5-12(10-11)18-15(19)13-6-1-2-7-14(13)20-9-8-17/h1-7,10H,9H2,(H,18,19). The lowest BCUT2D eigenvalue weighted by molar-refractivity contribution is 0.102. The van der Waals surface area contributed by atoms with Crippen molar-refractivity contribution in [1.82, 2.24) is 0 Å². The Balaban J connectivity index is 2.19. The minimum absolute atomic E-state index is 0.159. The molecule has 0 atom stereocenters. The third-order valence-electron chi connectivity index (χ3n) is 2.51. The number of thioether (sulfide) groups is 1. The zero-order valence-electron chi connectivity index (χ0n) is 10.5. The van der Waals surface area contributed by atoms with Gasteiger partial charge in [0.1, 0.15) is 0 Å². The van der Waals surface area contributed by atoms with Crippen LogP contribution in [0.25, 0.3) is 0 Å². The van der Waals surface area contributed by atoms with Crippen molar-refractivity contribution < 1.29 is 4.79 Å². The number of nitriles is 1. The Morgan fingerprint density at radius 3 is 2.80 bits per heavy atom. The van der Waals surface area contributed by atoms with E-state index in [2.05, 4.69) is 34.0 Å².